The lowest BCUT2D eigenvalue weighted by molar-refractivity contribution is -0.132. The molecule has 6 nitrogen and oxygen atoms in total. The second-order valence-corrected chi connectivity index (χ2v) is 4.83. The van der Waals surface area contributed by atoms with E-state index < -0.39 is 6.04 Å². The Kier molecular flexibility index (Phi) is 3.69. The first-order valence-corrected chi connectivity index (χ1v) is 6.21. The van der Waals surface area contributed by atoms with Gasteiger partial charge in [0.1, 0.15) is 6.04 Å². The molecule has 1 unspecified atom stereocenters. The lowest BCUT2D eigenvalue weighted by atomic mass is 10.1. The van der Waals surface area contributed by atoms with Crippen LogP contribution in [0, 0.1) is 0 Å². The third kappa shape index (κ3) is 2.67. The largest absolute Gasteiger partial charge is 0.347 e. The number of hydrogen-bond donors (Lipinski definition) is 1. The van der Waals surface area contributed by atoms with Gasteiger partial charge in [-0.1, -0.05) is 0 Å². The molecule has 1 fully saturated rings. The van der Waals surface area contributed by atoms with Crippen molar-refractivity contribution in [3.05, 3.63) is 34.2 Å². The number of likely N-dealkylation sites (tertiary alicyclic amines) is 1. The molecule has 1 aliphatic rings. The third-order valence-electron chi connectivity index (χ3n) is 3.26. The van der Waals surface area contributed by atoms with E-state index in [1.54, 1.807) is 25.1 Å². The highest BCUT2D eigenvalue weighted by Crippen LogP contribution is 2.20. The van der Waals surface area contributed by atoms with Gasteiger partial charge >= 0.3 is 0 Å². The van der Waals surface area contributed by atoms with E-state index in [9.17, 15) is 14.4 Å². The number of amides is 2. The molecule has 6 heteroatoms. The monoisotopic (exact) mass is 263 g/mol. The molecule has 1 aliphatic heterocycles. The fourth-order valence-corrected chi connectivity index (χ4v) is 2.31. The molecule has 2 rings (SSSR count). The third-order valence-corrected chi connectivity index (χ3v) is 3.26. The molecule has 0 radical (unpaired) electrons. The zero-order chi connectivity index (χ0) is 14.0. The first-order valence-electron chi connectivity index (χ1n) is 6.21. The average molecular weight is 263 g/mol. The van der Waals surface area contributed by atoms with Gasteiger partial charge in [0.05, 0.1) is 0 Å². The molecule has 2 amide bonds. The van der Waals surface area contributed by atoms with Crippen LogP contribution in [0.2, 0.25) is 0 Å². The van der Waals surface area contributed by atoms with Crippen LogP contribution in [0.5, 0.6) is 0 Å². The summed E-state index contributed by atoms with van der Waals surface area (Å²) in [5, 5.41) is 0. The summed E-state index contributed by atoms with van der Waals surface area (Å²) in [6, 6.07) is 2.40. The smallest absolute Gasteiger partial charge is 0.254 e. The maximum atomic E-state index is 12.3. The van der Waals surface area contributed by atoms with Gasteiger partial charge in [0, 0.05) is 38.5 Å². The van der Waals surface area contributed by atoms with Crippen LogP contribution in [0.25, 0.3) is 0 Å². The number of carbonyl (C=O) groups excluding carboxylic acids is 2. The van der Waals surface area contributed by atoms with Crippen LogP contribution in [0.15, 0.2) is 23.1 Å². The first-order chi connectivity index (χ1) is 9.00. The number of aromatic nitrogens is 1. The first kappa shape index (κ1) is 13.3. The summed E-state index contributed by atoms with van der Waals surface area (Å²) in [6.45, 7) is 0.551. The van der Waals surface area contributed by atoms with Crippen molar-refractivity contribution in [2.24, 2.45) is 0 Å². The normalized spacial score (nSPS) is 18.4. The summed E-state index contributed by atoms with van der Waals surface area (Å²) < 4.78 is 0. The maximum Gasteiger partial charge on any atom is 0.254 e. The molecule has 0 saturated carbocycles. The van der Waals surface area contributed by atoms with Crippen molar-refractivity contribution in [1.82, 2.24) is 14.8 Å². The van der Waals surface area contributed by atoms with Crippen LogP contribution in [-0.4, -0.2) is 53.3 Å². The van der Waals surface area contributed by atoms with Gasteiger partial charge in [-0.25, -0.2) is 0 Å². The van der Waals surface area contributed by atoms with Crippen LogP contribution in [0.3, 0.4) is 0 Å². The van der Waals surface area contributed by atoms with Crippen LogP contribution in [-0.2, 0) is 4.79 Å². The minimum Gasteiger partial charge on any atom is -0.347 e. The predicted octanol–water partition coefficient (Wildman–Crippen LogP) is 0.0677. The topological polar surface area (TPSA) is 73.5 Å². The van der Waals surface area contributed by atoms with Crippen LogP contribution >= 0.6 is 0 Å². The molecule has 1 saturated heterocycles. The van der Waals surface area contributed by atoms with E-state index in [0.29, 0.717) is 18.5 Å². The van der Waals surface area contributed by atoms with Crippen molar-refractivity contribution >= 4 is 11.8 Å². The standard InChI is InChI=1S/C13H17N3O3/c1-15(2)13(19)10-4-3-7-16(10)12(18)9-5-6-14-11(17)8-9/h5-6,8,10H,3-4,7H2,1-2H3,(H,14,17). The van der Waals surface area contributed by atoms with Crippen molar-refractivity contribution in [3.63, 3.8) is 0 Å². The lowest BCUT2D eigenvalue weighted by Gasteiger charge is -2.26. The lowest BCUT2D eigenvalue weighted by Crippen LogP contribution is -2.45. The summed E-state index contributed by atoms with van der Waals surface area (Å²) in [4.78, 5) is 41.1. The Morgan fingerprint density at radius 1 is 1.42 bits per heavy atom. The molecule has 1 atom stereocenters. The minimum absolute atomic E-state index is 0.0734. The summed E-state index contributed by atoms with van der Waals surface area (Å²) >= 11 is 0. The zero-order valence-corrected chi connectivity index (χ0v) is 11.0. The Morgan fingerprint density at radius 2 is 2.16 bits per heavy atom. The fourth-order valence-electron chi connectivity index (χ4n) is 2.31. The molecule has 1 N–H and O–H groups in total. The number of rotatable bonds is 2. The minimum atomic E-state index is -0.415. The molecule has 19 heavy (non-hydrogen) atoms. The van der Waals surface area contributed by atoms with E-state index in [4.69, 9.17) is 0 Å². The SMILES string of the molecule is CN(C)C(=O)C1CCCN1C(=O)c1cc[nH]c(=O)c1. The van der Waals surface area contributed by atoms with E-state index in [0.717, 1.165) is 6.42 Å². The number of pyridine rings is 1. The Bertz CT molecular complexity index is 550. The van der Waals surface area contributed by atoms with E-state index in [2.05, 4.69) is 4.98 Å². The molecule has 0 spiro atoms. The van der Waals surface area contributed by atoms with Gasteiger partial charge < -0.3 is 14.8 Å². The predicted molar refractivity (Wildman–Crippen MR) is 69.8 cm³/mol. The second-order valence-electron chi connectivity index (χ2n) is 4.83. The zero-order valence-electron chi connectivity index (χ0n) is 11.0. The second kappa shape index (κ2) is 5.26. The van der Waals surface area contributed by atoms with Crippen molar-refractivity contribution in [2.45, 2.75) is 18.9 Å². The number of H-pyrrole nitrogens is 1. The van der Waals surface area contributed by atoms with E-state index >= 15 is 0 Å². The summed E-state index contributed by atoms with van der Waals surface area (Å²) in [7, 11) is 3.35. The summed E-state index contributed by atoms with van der Waals surface area (Å²) in [6.07, 6.45) is 2.92. The molecule has 1 aromatic heterocycles. The summed E-state index contributed by atoms with van der Waals surface area (Å²) in [5.41, 5.74) is 0.00254. The highest BCUT2D eigenvalue weighted by Gasteiger charge is 2.35. The van der Waals surface area contributed by atoms with Gasteiger partial charge in [0.25, 0.3) is 5.91 Å². The van der Waals surface area contributed by atoms with E-state index in [1.807, 2.05) is 0 Å². The van der Waals surface area contributed by atoms with E-state index in [-0.39, 0.29) is 17.4 Å². The molecular formula is C13H17N3O3. The van der Waals surface area contributed by atoms with Gasteiger partial charge in [-0.3, -0.25) is 14.4 Å². The van der Waals surface area contributed by atoms with Gasteiger partial charge in [-0.05, 0) is 18.9 Å². The maximum absolute atomic E-state index is 12.3. The summed E-state index contributed by atoms with van der Waals surface area (Å²) in [5.74, 6) is -0.334. The van der Waals surface area contributed by atoms with Crippen LogP contribution < -0.4 is 5.56 Å². The molecule has 2 heterocycles. The Hall–Kier alpha value is -2.11. The molecule has 0 bridgehead atoms. The van der Waals surface area contributed by atoms with Crippen molar-refractivity contribution in [1.29, 1.82) is 0 Å². The number of carbonyl (C=O) groups is 2. The van der Waals surface area contributed by atoms with Gasteiger partial charge in [0.15, 0.2) is 0 Å². The van der Waals surface area contributed by atoms with Crippen LogP contribution in [0.1, 0.15) is 23.2 Å². The highest BCUT2D eigenvalue weighted by atomic mass is 16.2. The number of aromatic amines is 1. The van der Waals surface area contributed by atoms with Crippen molar-refractivity contribution < 1.29 is 9.59 Å². The fraction of sp³-hybridized carbons (Fsp3) is 0.462. The van der Waals surface area contributed by atoms with Gasteiger partial charge in [0.2, 0.25) is 11.5 Å². The quantitative estimate of drug-likeness (QED) is 0.820. The molecule has 0 aromatic carbocycles. The van der Waals surface area contributed by atoms with Crippen molar-refractivity contribution in [3.8, 4) is 0 Å². The Morgan fingerprint density at radius 3 is 2.79 bits per heavy atom. The molecule has 102 valence electrons. The molecular weight excluding hydrogens is 246 g/mol. The Balaban J connectivity index is 2.23. The van der Waals surface area contributed by atoms with Gasteiger partial charge in [-0.15, -0.1) is 0 Å². The number of hydrogen-bond acceptors (Lipinski definition) is 3. The van der Waals surface area contributed by atoms with Gasteiger partial charge in [-0.2, -0.15) is 0 Å². The average Bonchev–Trinajstić information content (AvgIpc) is 2.85. The highest BCUT2D eigenvalue weighted by molar-refractivity contribution is 5.97. The molecule has 1 aromatic rings. The van der Waals surface area contributed by atoms with Crippen molar-refractivity contribution in [2.75, 3.05) is 20.6 Å². The van der Waals surface area contributed by atoms with Crippen LogP contribution in [0.4, 0.5) is 0 Å². The Labute approximate surface area is 111 Å². The van der Waals surface area contributed by atoms with E-state index in [1.165, 1.54) is 17.2 Å². The number of likely N-dealkylation sites (N-methyl/N-ethyl adjacent to an activating group) is 1. The molecule has 0 aliphatic carbocycles. The number of nitrogens with one attached hydrogen (secondary N) is 1. The number of nitrogens with zero attached hydrogens (tertiary/aromatic N) is 2.